The van der Waals surface area contributed by atoms with Crippen LogP contribution in [0.5, 0.6) is 0 Å². The van der Waals surface area contributed by atoms with Crippen LogP contribution < -0.4 is 5.32 Å². The number of nitrogens with one attached hydrogen (secondary N) is 1. The smallest absolute Gasteiger partial charge is 0.270 e. The number of nitrogens with zero attached hydrogens (tertiary/aromatic N) is 1. The van der Waals surface area contributed by atoms with E-state index in [1.165, 1.54) is 0 Å². The third kappa shape index (κ3) is 2.60. The molecular formula is C13H14N2O2. The monoisotopic (exact) mass is 230 g/mol. The van der Waals surface area contributed by atoms with Crippen molar-refractivity contribution in [2.75, 3.05) is 6.54 Å². The zero-order valence-corrected chi connectivity index (χ0v) is 9.55. The first-order valence-electron chi connectivity index (χ1n) is 5.48. The fraction of sp³-hybridized carbons (Fsp3) is 0.231. The lowest BCUT2D eigenvalue weighted by Gasteiger charge is -2.08. The lowest BCUT2D eigenvalue weighted by Crippen LogP contribution is -2.31. The number of hydrogen-bond donors (Lipinski definition) is 2. The van der Waals surface area contributed by atoms with Crippen molar-refractivity contribution in [2.24, 2.45) is 0 Å². The molecule has 0 aliphatic rings. The summed E-state index contributed by atoms with van der Waals surface area (Å²) in [7, 11) is 0. The van der Waals surface area contributed by atoms with Crippen LogP contribution in [0.15, 0.2) is 36.5 Å². The van der Waals surface area contributed by atoms with E-state index < -0.39 is 6.10 Å². The minimum absolute atomic E-state index is 0.226. The fourth-order valence-corrected chi connectivity index (χ4v) is 1.62. The molecule has 4 nitrogen and oxygen atoms in total. The summed E-state index contributed by atoms with van der Waals surface area (Å²) in [6.45, 7) is 1.85. The highest BCUT2D eigenvalue weighted by molar-refractivity contribution is 6.05. The molecular weight excluding hydrogens is 216 g/mol. The van der Waals surface area contributed by atoms with Crippen molar-refractivity contribution in [3.05, 3.63) is 42.2 Å². The van der Waals surface area contributed by atoms with E-state index in [1.807, 2.05) is 30.3 Å². The number of hydrogen-bond acceptors (Lipinski definition) is 3. The van der Waals surface area contributed by atoms with Gasteiger partial charge in [-0.05, 0) is 18.4 Å². The molecule has 0 fully saturated rings. The molecule has 0 saturated carbocycles. The number of aliphatic hydroxyl groups is 1. The van der Waals surface area contributed by atoms with E-state index in [1.54, 1.807) is 13.1 Å². The molecule has 2 aromatic rings. The predicted molar refractivity (Wildman–Crippen MR) is 65.8 cm³/mol. The molecule has 0 radical (unpaired) electrons. The molecule has 0 unspecified atom stereocenters. The Morgan fingerprint density at radius 2 is 2.18 bits per heavy atom. The van der Waals surface area contributed by atoms with Crippen molar-refractivity contribution in [2.45, 2.75) is 13.0 Å². The maximum absolute atomic E-state index is 11.9. The topological polar surface area (TPSA) is 62.2 Å². The second kappa shape index (κ2) is 4.93. The van der Waals surface area contributed by atoms with E-state index in [4.69, 9.17) is 5.11 Å². The van der Waals surface area contributed by atoms with Gasteiger partial charge in [0, 0.05) is 18.1 Å². The summed E-state index contributed by atoms with van der Waals surface area (Å²) in [5, 5.41) is 13.6. The van der Waals surface area contributed by atoms with Crippen LogP contribution in [-0.2, 0) is 0 Å². The average molecular weight is 230 g/mol. The van der Waals surface area contributed by atoms with Gasteiger partial charge in [0.25, 0.3) is 5.91 Å². The summed E-state index contributed by atoms with van der Waals surface area (Å²) in [5.41, 5.74) is 0.392. The molecule has 1 atom stereocenters. The van der Waals surface area contributed by atoms with Crippen LogP contribution in [-0.4, -0.2) is 28.6 Å². The Morgan fingerprint density at radius 3 is 2.94 bits per heavy atom. The Hall–Kier alpha value is -1.94. The molecule has 88 valence electrons. The Balaban J connectivity index is 2.32. The number of carbonyl (C=O) groups excluding carboxylic acids is 1. The first-order valence-corrected chi connectivity index (χ1v) is 5.48. The third-order valence-electron chi connectivity index (χ3n) is 2.45. The second-order valence-electron chi connectivity index (χ2n) is 3.94. The summed E-state index contributed by atoms with van der Waals surface area (Å²) in [6, 6.07) is 9.44. The minimum atomic E-state index is -0.561. The van der Waals surface area contributed by atoms with E-state index in [9.17, 15) is 4.79 Å². The van der Waals surface area contributed by atoms with Gasteiger partial charge in [-0.15, -0.1) is 0 Å². The molecule has 1 heterocycles. The first-order chi connectivity index (χ1) is 8.18. The lowest BCUT2D eigenvalue weighted by molar-refractivity contribution is 0.0921. The van der Waals surface area contributed by atoms with Gasteiger partial charge in [-0.3, -0.25) is 9.78 Å². The number of aromatic nitrogens is 1. The molecule has 1 amide bonds. The van der Waals surface area contributed by atoms with Crippen molar-refractivity contribution in [3.63, 3.8) is 0 Å². The van der Waals surface area contributed by atoms with Crippen molar-refractivity contribution in [3.8, 4) is 0 Å². The SMILES string of the molecule is C[C@@H](O)CNC(=O)c1nccc2ccccc12. The number of rotatable bonds is 3. The number of aliphatic hydroxyl groups excluding tert-OH is 1. The molecule has 17 heavy (non-hydrogen) atoms. The van der Waals surface area contributed by atoms with Gasteiger partial charge in [-0.2, -0.15) is 0 Å². The quantitative estimate of drug-likeness (QED) is 0.836. The molecule has 1 aromatic carbocycles. The highest BCUT2D eigenvalue weighted by Gasteiger charge is 2.11. The van der Waals surface area contributed by atoms with Crippen molar-refractivity contribution in [1.29, 1.82) is 0 Å². The maximum Gasteiger partial charge on any atom is 0.270 e. The van der Waals surface area contributed by atoms with Gasteiger partial charge in [0.2, 0.25) is 0 Å². The van der Waals surface area contributed by atoms with Crippen LogP contribution in [0.1, 0.15) is 17.4 Å². The molecule has 2 N–H and O–H groups in total. The molecule has 0 spiro atoms. The number of benzene rings is 1. The summed E-state index contributed by atoms with van der Waals surface area (Å²) < 4.78 is 0. The highest BCUT2D eigenvalue weighted by atomic mass is 16.3. The van der Waals surface area contributed by atoms with E-state index in [0.29, 0.717) is 5.69 Å². The summed E-state index contributed by atoms with van der Waals surface area (Å²) in [5.74, 6) is -0.261. The van der Waals surface area contributed by atoms with Gasteiger partial charge in [0.1, 0.15) is 5.69 Å². The van der Waals surface area contributed by atoms with Crippen LogP contribution in [0.3, 0.4) is 0 Å². The molecule has 0 aliphatic heterocycles. The minimum Gasteiger partial charge on any atom is -0.392 e. The van der Waals surface area contributed by atoms with Gasteiger partial charge >= 0.3 is 0 Å². The van der Waals surface area contributed by atoms with E-state index in [0.717, 1.165) is 10.8 Å². The molecule has 0 saturated heterocycles. The number of carbonyl (C=O) groups is 1. The maximum atomic E-state index is 11.9. The van der Waals surface area contributed by atoms with Crippen molar-refractivity contribution in [1.82, 2.24) is 10.3 Å². The third-order valence-corrected chi connectivity index (χ3v) is 2.45. The summed E-state index contributed by atoms with van der Waals surface area (Å²) in [4.78, 5) is 16.0. The first kappa shape index (κ1) is 11.5. The Kier molecular flexibility index (Phi) is 3.35. The van der Waals surface area contributed by atoms with Gasteiger partial charge in [0.05, 0.1) is 6.10 Å². The lowest BCUT2D eigenvalue weighted by atomic mass is 10.1. The molecule has 1 aromatic heterocycles. The van der Waals surface area contributed by atoms with E-state index in [2.05, 4.69) is 10.3 Å². The summed E-state index contributed by atoms with van der Waals surface area (Å²) >= 11 is 0. The van der Waals surface area contributed by atoms with Crippen LogP contribution in [0.25, 0.3) is 10.8 Å². The number of fused-ring (bicyclic) bond motifs is 1. The van der Waals surface area contributed by atoms with Crippen LogP contribution >= 0.6 is 0 Å². The van der Waals surface area contributed by atoms with Gasteiger partial charge < -0.3 is 10.4 Å². The normalized spacial score (nSPS) is 12.4. The largest absolute Gasteiger partial charge is 0.392 e. The Morgan fingerprint density at radius 1 is 1.41 bits per heavy atom. The van der Waals surface area contributed by atoms with E-state index in [-0.39, 0.29) is 12.5 Å². The molecule has 2 rings (SSSR count). The van der Waals surface area contributed by atoms with Gasteiger partial charge in [-0.1, -0.05) is 24.3 Å². The standard InChI is InChI=1S/C13H14N2O2/c1-9(16)8-15-13(17)12-11-5-3-2-4-10(11)6-7-14-12/h2-7,9,16H,8H2,1H3,(H,15,17)/t9-/m1/s1. The zero-order valence-electron chi connectivity index (χ0n) is 9.55. The fourth-order valence-electron chi connectivity index (χ4n) is 1.62. The predicted octanol–water partition coefficient (Wildman–Crippen LogP) is 1.35. The number of amides is 1. The highest BCUT2D eigenvalue weighted by Crippen LogP contribution is 2.15. The molecule has 4 heteroatoms. The van der Waals surface area contributed by atoms with Crippen LogP contribution in [0.4, 0.5) is 0 Å². The van der Waals surface area contributed by atoms with Crippen LogP contribution in [0.2, 0.25) is 0 Å². The molecule has 0 aliphatic carbocycles. The van der Waals surface area contributed by atoms with Crippen molar-refractivity contribution < 1.29 is 9.90 Å². The average Bonchev–Trinajstić information content (AvgIpc) is 2.35. The Labute approximate surface area is 99.3 Å². The molecule has 0 bridgehead atoms. The van der Waals surface area contributed by atoms with Crippen molar-refractivity contribution >= 4 is 16.7 Å². The number of pyridine rings is 1. The van der Waals surface area contributed by atoms with E-state index >= 15 is 0 Å². The summed E-state index contributed by atoms with van der Waals surface area (Å²) in [6.07, 6.45) is 1.05. The Bertz CT molecular complexity index is 532. The van der Waals surface area contributed by atoms with Gasteiger partial charge in [0.15, 0.2) is 0 Å². The van der Waals surface area contributed by atoms with Crippen LogP contribution in [0, 0.1) is 0 Å². The second-order valence-corrected chi connectivity index (χ2v) is 3.94. The van der Waals surface area contributed by atoms with Gasteiger partial charge in [-0.25, -0.2) is 0 Å². The zero-order chi connectivity index (χ0) is 12.3.